The van der Waals surface area contributed by atoms with Gasteiger partial charge in [-0.3, -0.25) is 27.9 Å². The normalized spacial score (nSPS) is 43.6. The van der Waals surface area contributed by atoms with Crippen molar-refractivity contribution in [3.05, 3.63) is 11.2 Å². The minimum atomic E-state index is -4.88. The molecular formula is C23H30N8O11P2S. The summed E-state index contributed by atoms with van der Waals surface area (Å²) in [7, 11) is -9.65. The Bertz CT molecular complexity index is 1690. The monoisotopic (exact) mass is 688 g/mol. The van der Waals surface area contributed by atoms with Crippen molar-refractivity contribution in [2.75, 3.05) is 18.9 Å². The van der Waals surface area contributed by atoms with E-state index >= 15 is 0 Å². The molecule has 6 N–H and O–H groups in total. The number of aliphatic imine (C=N–C) groups is 2. The maximum atomic E-state index is 13.3. The van der Waals surface area contributed by atoms with Crippen molar-refractivity contribution in [1.82, 2.24) is 24.6 Å². The Kier molecular flexibility index (Phi) is 7.65. The van der Waals surface area contributed by atoms with Crippen LogP contribution in [0.2, 0.25) is 0 Å². The number of hydrogen-bond donors (Lipinski definition) is 5. The largest absolute Gasteiger partial charge is 0.472 e. The van der Waals surface area contributed by atoms with Crippen LogP contribution in [0.15, 0.2) is 16.3 Å². The summed E-state index contributed by atoms with van der Waals surface area (Å²) < 4.78 is 58.8. The molecule has 2 aromatic heterocycles. The van der Waals surface area contributed by atoms with E-state index in [9.17, 15) is 28.8 Å². The molecule has 244 valence electrons. The number of carbonyl (C=O) groups is 1. The summed E-state index contributed by atoms with van der Waals surface area (Å²) in [5, 5.41) is 14.1. The van der Waals surface area contributed by atoms with Gasteiger partial charge in [0.1, 0.15) is 47.6 Å². The number of anilines is 1. The fourth-order valence-corrected chi connectivity index (χ4v) is 9.45. The van der Waals surface area contributed by atoms with Gasteiger partial charge in [-0.1, -0.05) is 6.92 Å². The molecule has 3 fully saturated rings. The van der Waals surface area contributed by atoms with Crippen molar-refractivity contribution in [3.8, 4) is 0 Å². The van der Waals surface area contributed by atoms with Crippen LogP contribution in [-0.4, -0.2) is 108 Å². The maximum Gasteiger partial charge on any atom is 0.472 e. The summed E-state index contributed by atoms with van der Waals surface area (Å²) in [5.41, 5.74) is 5.39. The second-order valence-corrected chi connectivity index (χ2v) is 15.4. The first-order chi connectivity index (χ1) is 21.2. The van der Waals surface area contributed by atoms with E-state index in [2.05, 4.69) is 29.6 Å². The number of ether oxygens (including phenoxy) is 1. The molecule has 1 amide bonds. The molecule has 7 rings (SSSR count). The predicted molar refractivity (Wildman–Crippen MR) is 155 cm³/mol. The molecular weight excluding hydrogens is 658 g/mol. The standard InChI is InChI=1S/C23H30N8O11P2S/c1-9-28-21-16(22(33)29-9)27-8-31(21)10-4-23(2)6-39-44(36,37)41-11-3-12(18-14-15(30-45-18)20(24)26-7-25-14)40-13(11)5-38-43(34,35)42-19(23)17(10)32/h7-8,10-13,16-17,19,21,32H,3-6H2,1-2H3,(H,34,35)(H,36,37)(H2,24,25,26)(H,28,29,33)/t10-,11+,12-,13-,16?,17+,19+,21?,23-/m1/s1. The van der Waals surface area contributed by atoms with Crippen LogP contribution in [0.5, 0.6) is 0 Å². The first-order valence-corrected chi connectivity index (χ1v) is 17.7. The molecule has 2 saturated heterocycles. The number of rotatable bonds is 2. The first kappa shape index (κ1) is 31.1. The second kappa shape index (κ2) is 11.1. The van der Waals surface area contributed by atoms with E-state index in [0.29, 0.717) is 21.7 Å². The van der Waals surface area contributed by atoms with Crippen molar-refractivity contribution < 1.29 is 51.6 Å². The number of carbonyl (C=O) groups excluding carboxylic acids is 1. The van der Waals surface area contributed by atoms with Gasteiger partial charge in [-0.05, 0) is 24.9 Å². The molecule has 4 unspecified atom stereocenters. The Hall–Kier alpha value is -2.48. The topological polar surface area (TPSA) is 263 Å². The van der Waals surface area contributed by atoms with Crippen LogP contribution in [0, 0.1) is 5.41 Å². The number of phosphoric ester groups is 2. The quantitative estimate of drug-likeness (QED) is 0.265. The molecule has 1 saturated carbocycles. The summed E-state index contributed by atoms with van der Waals surface area (Å²) in [6.07, 6.45) is -3.87. The number of amidine groups is 1. The molecule has 0 bridgehead atoms. The number of amides is 1. The average molecular weight is 689 g/mol. The van der Waals surface area contributed by atoms with Crippen molar-refractivity contribution in [3.63, 3.8) is 0 Å². The number of nitrogen functional groups attached to an aromatic ring is 1. The van der Waals surface area contributed by atoms with Crippen LogP contribution in [0.1, 0.15) is 37.7 Å². The molecule has 0 aromatic carbocycles. The van der Waals surface area contributed by atoms with E-state index in [1.54, 1.807) is 18.7 Å². The highest BCUT2D eigenvalue weighted by atomic mass is 32.1. The Morgan fingerprint density at radius 3 is 2.73 bits per heavy atom. The van der Waals surface area contributed by atoms with Gasteiger partial charge >= 0.3 is 15.6 Å². The zero-order chi connectivity index (χ0) is 31.9. The molecule has 6 heterocycles. The number of phosphoric acid groups is 2. The Balaban J connectivity index is 1.14. The third-order valence-electron chi connectivity index (χ3n) is 8.58. The lowest BCUT2D eigenvalue weighted by Crippen LogP contribution is -2.54. The summed E-state index contributed by atoms with van der Waals surface area (Å²) in [6, 6.07) is -1.68. The Morgan fingerprint density at radius 2 is 1.93 bits per heavy atom. The van der Waals surface area contributed by atoms with Gasteiger partial charge in [-0.2, -0.15) is 4.37 Å². The summed E-state index contributed by atoms with van der Waals surface area (Å²) in [5.74, 6) is 0.174. The number of nitrogens with zero attached hydrogens (tertiary/aromatic N) is 6. The third-order valence-corrected chi connectivity index (χ3v) is 11.5. The number of hydrogen-bond acceptors (Lipinski definition) is 17. The van der Waals surface area contributed by atoms with Gasteiger partial charge in [0.2, 0.25) is 0 Å². The molecule has 45 heavy (non-hydrogen) atoms. The van der Waals surface area contributed by atoms with Gasteiger partial charge in [-0.25, -0.2) is 24.1 Å². The number of aliphatic hydroxyl groups excluding tert-OH is 1. The summed E-state index contributed by atoms with van der Waals surface area (Å²) >= 11 is 1.06. The number of nitrogens with one attached hydrogen (secondary N) is 1. The highest BCUT2D eigenvalue weighted by Gasteiger charge is 2.59. The minimum absolute atomic E-state index is 0.0325. The highest BCUT2D eigenvalue weighted by Crippen LogP contribution is 2.57. The number of aromatic nitrogens is 3. The maximum absolute atomic E-state index is 13.3. The smallest absolute Gasteiger partial charge is 0.388 e. The molecule has 0 spiro atoms. The van der Waals surface area contributed by atoms with Crippen molar-refractivity contribution >= 4 is 62.1 Å². The number of aliphatic hydroxyl groups is 1. The van der Waals surface area contributed by atoms with Crippen molar-refractivity contribution in [1.29, 1.82) is 0 Å². The fraction of sp³-hybridized carbons (Fsp3) is 0.652. The molecule has 22 heteroatoms. The lowest BCUT2D eigenvalue weighted by molar-refractivity contribution is -0.122. The molecule has 11 atom stereocenters. The van der Waals surface area contributed by atoms with Gasteiger partial charge < -0.3 is 35.6 Å². The molecule has 4 aliphatic heterocycles. The molecule has 1 aliphatic carbocycles. The molecule has 19 nitrogen and oxygen atoms in total. The van der Waals surface area contributed by atoms with Crippen LogP contribution in [-0.2, 0) is 36.8 Å². The van der Waals surface area contributed by atoms with Crippen LogP contribution < -0.4 is 11.1 Å². The van der Waals surface area contributed by atoms with Gasteiger partial charge in [0.15, 0.2) is 18.0 Å². The fourth-order valence-electron chi connectivity index (χ4n) is 6.43. The zero-order valence-corrected chi connectivity index (χ0v) is 26.4. The van der Waals surface area contributed by atoms with E-state index in [1.165, 1.54) is 12.7 Å². The van der Waals surface area contributed by atoms with Crippen LogP contribution in [0.25, 0.3) is 11.0 Å². The summed E-state index contributed by atoms with van der Waals surface area (Å²) in [6.45, 7) is 2.10. The summed E-state index contributed by atoms with van der Waals surface area (Å²) in [4.78, 5) is 53.0. The van der Waals surface area contributed by atoms with E-state index in [4.69, 9.17) is 28.6 Å². The average Bonchev–Trinajstić information content (AvgIpc) is 3.73. The van der Waals surface area contributed by atoms with Gasteiger partial charge in [0.25, 0.3) is 5.91 Å². The van der Waals surface area contributed by atoms with Crippen LogP contribution in [0.3, 0.4) is 0 Å². The molecule has 2 aromatic rings. The molecule has 0 radical (unpaired) electrons. The number of fused-ring (bicyclic) bond motifs is 4. The lowest BCUT2D eigenvalue weighted by Gasteiger charge is -2.34. The van der Waals surface area contributed by atoms with E-state index in [1.807, 2.05) is 0 Å². The molecule has 5 aliphatic rings. The second-order valence-electron chi connectivity index (χ2n) is 11.8. The Morgan fingerprint density at radius 1 is 1.16 bits per heavy atom. The van der Waals surface area contributed by atoms with Gasteiger partial charge in [0, 0.05) is 11.8 Å². The van der Waals surface area contributed by atoms with Crippen molar-refractivity contribution in [2.24, 2.45) is 15.4 Å². The third kappa shape index (κ3) is 5.61. The highest BCUT2D eigenvalue weighted by molar-refractivity contribution is 7.47. The van der Waals surface area contributed by atoms with E-state index in [-0.39, 0.29) is 24.6 Å². The SMILES string of the molecule is CC1=NC2C(N=CN2[C@@H]2C[C@]3(C)COP(=O)(O)O[C@H]4C[C@H](c5snc6c(N)ncnc56)O[C@@H]4COP(=O)(O)O[C@H]3[C@H]2O)C(=O)N1. The van der Waals surface area contributed by atoms with Crippen LogP contribution in [0.4, 0.5) is 5.82 Å². The minimum Gasteiger partial charge on any atom is -0.388 e. The number of nitrogens with two attached hydrogens (primary N) is 1. The van der Waals surface area contributed by atoms with Gasteiger partial charge in [0.05, 0.1) is 36.6 Å². The zero-order valence-electron chi connectivity index (χ0n) is 23.8. The van der Waals surface area contributed by atoms with Gasteiger partial charge in [-0.15, -0.1) is 0 Å². The first-order valence-electron chi connectivity index (χ1n) is 13.9. The lowest BCUT2D eigenvalue weighted by atomic mass is 9.87. The predicted octanol–water partition coefficient (Wildman–Crippen LogP) is 0.243. The van der Waals surface area contributed by atoms with Crippen LogP contribution >= 0.6 is 27.2 Å². The van der Waals surface area contributed by atoms with E-state index < -0.39 is 83.0 Å². The van der Waals surface area contributed by atoms with E-state index in [0.717, 1.165) is 11.5 Å². The Labute approximate surface area is 259 Å². The van der Waals surface area contributed by atoms with Crippen molar-refractivity contribution in [2.45, 2.75) is 75.5 Å².